The molecule has 0 aliphatic carbocycles. The minimum atomic E-state index is -0.376. The first-order valence-corrected chi connectivity index (χ1v) is 5.56. The van der Waals surface area contributed by atoms with E-state index in [1.54, 1.807) is 6.82 Å². The Morgan fingerprint density at radius 3 is 2.47 bits per heavy atom. The summed E-state index contributed by atoms with van der Waals surface area (Å²) in [7, 11) is 1.06. The molecule has 0 spiro atoms. The van der Waals surface area contributed by atoms with E-state index in [9.17, 15) is 9.82 Å². The molecule has 1 saturated heterocycles. The predicted molar refractivity (Wildman–Crippen MR) is 59.3 cm³/mol. The summed E-state index contributed by atoms with van der Waals surface area (Å²) in [6.45, 7) is 5.44. The van der Waals surface area contributed by atoms with Crippen LogP contribution in [0.2, 0.25) is 6.82 Å². The highest BCUT2D eigenvalue weighted by atomic mass is 16.5. The number of piperidine rings is 1. The lowest BCUT2D eigenvalue weighted by Crippen LogP contribution is -2.44. The fourth-order valence-corrected chi connectivity index (χ4v) is 2.17. The Morgan fingerprint density at radius 2 is 2.07 bits per heavy atom. The first-order chi connectivity index (χ1) is 7.06. The number of ether oxygens (including phenoxy) is 1. The summed E-state index contributed by atoms with van der Waals surface area (Å²) in [6, 6.07) is 0. The molecular weight excluding hydrogens is 193 g/mol. The molecule has 86 valence electrons. The molecule has 0 amide bonds. The summed E-state index contributed by atoms with van der Waals surface area (Å²) in [5.74, 6) is 0.254. The highest BCUT2D eigenvalue weighted by molar-refractivity contribution is 6.45. The second-order valence-electron chi connectivity index (χ2n) is 4.32. The van der Waals surface area contributed by atoms with E-state index >= 15 is 0 Å². The number of hydrogen-bond acceptors (Lipinski definition) is 4. The second-order valence-corrected chi connectivity index (χ2v) is 4.32. The third-order valence-electron chi connectivity index (χ3n) is 3.38. The third-order valence-corrected chi connectivity index (χ3v) is 3.38. The van der Waals surface area contributed by atoms with E-state index < -0.39 is 0 Å². The highest BCUT2D eigenvalue weighted by Gasteiger charge is 2.30. The summed E-state index contributed by atoms with van der Waals surface area (Å²) >= 11 is 0. The molecule has 0 saturated carbocycles. The Morgan fingerprint density at radius 1 is 1.53 bits per heavy atom. The first-order valence-electron chi connectivity index (χ1n) is 5.56. The first kappa shape index (κ1) is 12.5. The fraction of sp³-hybridized carbons (Fsp3) is 0.900. The lowest BCUT2D eigenvalue weighted by atomic mass is 9.78. The maximum atomic E-state index is 11.3. The van der Waals surface area contributed by atoms with Gasteiger partial charge in [-0.1, -0.05) is 6.92 Å². The Labute approximate surface area is 91.7 Å². The molecular formula is C10H20BNO3. The van der Waals surface area contributed by atoms with Gasteiger partial charge in [0.1, 0.15) is 0 Å². The molecule has 15 heavy (non-hydrogen) atoms. The molecule has 1 N–H and O–H groups in total. The van der Waals surface area contributed by atoms with E-state index in [2.05, 4.69) is 0 Å². The largest absolute Gasteiger partial charge is 0.469 e. The highest BCUT2D eigenvalue weighted by Crippen LogP contribution is 2.25. The molecule has 0 aromatic heterocycles. The van der Waals surface area contributed by atoms with Gasteiger partial charge >= 0.3 is 13.0 Å². The quantitative estimate of drug-likeness (QED) is 0.551. The molecule has 1 unspecified atom stereocenters. The van der Waals surface area contributed by atoms with Gasteiger partial charge in [0.2, 0.25) is 0 Å². The van der Waals surface area contributed by atoms with Gasteiger partial charge < -0.3 is 14.6 Å². The number of nitrogens with zero attached hydrogens (tertiary/aromatic N) is 1. The number of methoxy groups -OCH3 is 1. The van der Waals surface area contributed by atoms with Gasteiger partial charge in [-0.3, -0.25) is 4.79 Å². The van der Waals surface area contributed by atoms with Crippen LogP contribution in [0.4, 0.5) is 0 Å². The Bertz CT molecular complexity index is 215. The topological polar surface area (TPSA) is 49.8 Å². The monoisotopic (exact) mass is 213 g/mol. The molecule has 0 aromatic rings. The maximum absolute atomic E-state index is 11.3. The van der Waals surface area contributed by atoms with Crippen LogP contribution in [0.5, 0.6) is 0 Å². The van der Waals surface area contributed by atoms with Gasteiger partial charge in [0.25, 0.3) is 0 Å². The summed E-state index contributed by atoms with van der Waals surface area (Å²) in [4.78, 5) is 13.4. The van der Waals surface area contributed by atoms with Crippen molar-refractivity contribution in [3.05, 3.63) is 0 Å². The van der Waals surface area contributed by atoms with Crippen molar-refractivity contribution in [3.8, 4) is 0 Å². The van der Waals surface area contributed by atoms with Crippen LogP contribution >= 0.6 is 0 Å². The van der Waals surface area contributed by atoms with Crippen molar-refractivity contribution in [1.29, 1.82) is 0 Å². The number of carbonyl (C=O) groups is 1. The van der Waals surface area contributed by atoms with E-state index in [-0.39, 0.29) is 18.9 Å². The Hall–Kier alpha value is -0.545. The molecule has 0 aromatic carbocycles. The number of carbonyl (C=O) groups excluding carboxylic acids is 1. The minimum Gasteiger partial charge on any atom is -0.469 e. The van der Waals surface area contributed by atoms with E-state index in [1.165, 1.54) is 7.11 Å². The molecule has 1 heterocycles. The van der Waals surface area contributed by atoms with Gasteiger partial charge in [-0.05, 0) is 38.7 Å². The van der Waals surface area contributed by atoms with Crippen LogP contribution in [-0.2, 0) is 9.53 Å². The van der Waals surface area contributed by atoms with Gasteiger partial charge in [-0.15, -0.1) is 0 Å². The van der Waals surface area contributed by atoms with Crippen LogP contribution in [0.3, 0.4) is 0 Å². The predicted octanol–water partition coefficient (Wildman–Crippen LogP) is 0.618. The molecule has 0 radical (unpaired) electrons. The van der Waals surface area contributed by atoms with Crippen LogP contribution in [0.15, 0.2) is 0 Å². The van der Waals surface area contributed by atoms with Gasteiger partial charge in [-0.2, -0.15) is 0 Å². The zero-order valence-electron chi connectivity index (χ0n) is 9.77. The molecule has 1 fully saturated rings. The standard InChI is InChI=1S/C10H20BNO3/c1-8(10(13)15-3)9-4-6-12(7-5-9)11(2)14/h8-9,14H,4-7H2,1-3H3. The molecule has 1 aliphatic heterocycles. The van der Waals surface area contributed by atoms with Crippen molar-refractivity contribution in [2.24, 2.45) is 11.8 Å². The number of hydrogen-bond donors (Lipinski definition) is 1. The van der Waals surface area contributed by atoms with E-state index in [0.717, 1.165) is 25.9 Å². The fourth-order valence-electron chi connectivity index (χ4n) is 2.17. The molecule has 5 heteroatoms. The average molecular weight is 213 g/mol. The summed E-state index contributed by atoms with van der Waals surface area (Å²) in [6.07, 6.45) is 1.92. The second kappa shape index (κ2) is 5.51. The van der Waals surface area contributed by atoms with Crippen molar-refractivity contribution in [3.63, 3.8) is 0 Å². The summed E-state index contributed by atoms with van der Waals surface area (Å²) < 4.78 is 4.74. The smallest absolute Gasteiger partial charge is 0.376 e. The van der Waals surface area contributed by atoms with Gasteiger partial charge in [0, 0.05) is 0 Å². The van der Waals surface area contributed by atoms with Crippen molar-refractivity contribution in [1.82, 2.24) is 4.81 Å². The normalized spacial score (nSPS) is 21.1. The van der Waals surface area contributed by atoms with Crippen molar-refractivity contribution < 1.29 is 14.6 Å². The summed E-state index contributed by atoms with van der Waals surface area (Å²) in [5, 5.41) is 9.39. The van der Waals surface area contributed by atoms with Crippen molar-refractivity contribution in [2.75, 3.05) is 20.2 Å². The zero-order chi connectivity index (χ0) is 11.4. The lowest BCUT2D eigenvalue weighted by Gasteiger charge is -2.34. The molecule has 4 nitrogen and oxygen atoms in total. The van der Waals surface area contributed by atoms with Gasteiger partial charge in [0.05, 0.1) is 13.0 Å². The van der Waals surface area contributed by atoms with Crippen LogP contribution in [-0.4, -0.2) is 43.1 Å². The Kier molecular flexibility index (Phi) is 4.60. The SMILES string of the molecule is COC(=O)C(C)C1CCN(B(C)O)CC1. The zero-order valence-corrected chi connectivity index (χ0v) is 9.77. The average Bonchev–Trinajstić information content (AvgIpc) is 2.27. The number of rotatable bonds is 3. The molecule has 0 bridgehead atoms. The minimum absolute atomic E-state index is 0.0221. The molecule has 1 atom stereocenters. The Balaban J connectivity index is 2.40. The van der Waals surface area contributed by atoms with Gasteiger partial charge in [-0.25, -0.2) is 0 Å². The van der Waals surface area contributed by atoms with Crippen LogP contribution in [0.1, 0.15) is 19.8 Å². The van der Waals surface area contributed by atoms with Gasteiger partial charge in [0.15, 0.2) is 0 Å². The van der Waals surface area contributed by atoms with Crippen LogP contribution in [0, 0.1) is 11.8 Å². The van der Waals surface area contributed by atoms with E-state index in [0.29, 0.717) is 5.92 Å². The van der Waals surface area contributed by atoms with Crippen LogP contribution in [0.25, 0.3) is 0 Å². The van der Waals surface area contributed by atoms with Crippen LogP contribution < -0.4 is 0 Å². The molecule has 1 rings (SSSR count). The van der Waals surface area contributed by atoms with Crippen molar-refractivity contribution in [2.45, 2.75) is 26.6 Å². The number of esters is 1. The lowest BCUT2D eigenvalue weighted by molar-refractivity contribution is -0.147. The maximum Gasteiger partial charge on any atom is 0.376 e. The van der Waals surface area contributed by atoms with E-state index in [4.69, 9.17) is 4.74 Å². The van der Waals surface area contributed by atoms with E-state index in [1.807, 2.05) is 11.7 Å². The van der Waals surface area contributed by atoms with Crippen molar-refractivity contribution >= 4 is 13.0 Å². The molecule has 1 aliphatic rings. The third kappa shape index (κ3) is 3.21. The summed E-state index contributed by atoms with van der Waals surface area (Å²) in [5.41, 5.74) is 0.